The van der Waals surface area contributed by atoms with Gasteiger partial charge in [0.05, 0.1) is 6.04 Å². The quantitative estimate of drug-likeness (QED) is 0.773. The molecule has 1 N–H and O–H groups in total. The van der Waals surface area contributed by atoms with Gasteiger partial charge < -0.3 is 5.32 Å². The number of hydrogen-bond donors (Lipinski definition) is 1. The first-order chi connectivity index (χ1) is 8.22. The van der Waals surface area contributed by atoms with Crippen LogP contribution in [0.25, 0.3) is 0 Å². The first kappa shape index (κ1) is 14.0. The number of halogens is 1. The van der Waals surface area contributed by atoms with Crippen LogP contribution in [0.4, 0.5) is 0 Å². The minimum atomic E-state index is -0.104. The van der Waals surface area contributed by atoms with Crippen molar-refractivity contribution in [2.75, 3.05) is 5.88 Å². The van der Waals surface area contributed by atoms with E-state index in [0.29, 0.717) is 5.92 Å². The number of carbonyl (C=O) groups is 1. The molecule has 0 radical (unpaired) electrons. The van der Waals surface area contributed by atoms with Crippen molar-refractivity contribution in [2.24, 2.45) is 5.92 Å². The Balaban J connectivity index is 2.89. The van der Waals surface area contributed by atoms with Crippen molar-refractivity contribution in [3.8, 4) is 0 Å². The molecule has 0 aliphatic rings. The summed E-state index contributed by atoms with van der Waals surface area (Å²) in [6.07, 6.45) is 2.08. The maximum absolute atomic E-state index is 11.5. The van der Waals surface area contributed by atoms with Gasteiger partial charge in [0.1, 0.15) is 5.88 Å². The Morgan fingerprint density at radius 1 is 1.24 bits per heavy atom. The highest BCUT2D eigenvalue weighted by atomic mass is 35.5. The summed E-state index contributed by atoms with van der Waals surface area (Å²) in [5.74, 6) is 0.362. The molecular weight excluding hydrogens is 234 g/mol. The molecule has 0 fully saturated rings. The SMILES string of the molecule is CCC(CC)C(NC(=O)CCl)c1ccccc1. The topological polar surface area (TPSA) is 29.1 Å². The number of carbonyl (C=O) groups excluding carboxylic acids is 1. The van der Waals surface area contributed by atoms with Gasteiger partial charge in [-0.15, -0.1) is 11.6 Å². The average Bonchev–Trinajstić information content (AvgIpc) is 2.39. The van der Waals surface area contributed by atoms with Crippen LogP contribution in [0, 0.1) is 5.92 Å². The second kappa shape index (κ2) is 7.33. The van der Waals surface area contributed by atoms with E-state index in [1.54, 1.807) is 0 Å². The molecule has 94 valence electrons. The second-order valence-electron chi connectivity index (χ2n) is 4.17. The third-order valence-electron chi connectivity index (χ3n) is 3.12. The van der Waals surface area contributed by atoms with Crippen LogP contribution in [-0.2, 0) is 4.79 Å². The summed E-state index contributed by atoms with van der Waals surface area (Å²) in [6, 6.07) is 10.2. The molecule has 1 unspecified atom stereocenters. The van der Waals surface area contributed by atoms with E-state index in [0.717, 1.165) is 18.4 Å². The van der Waals surface area contributed by atoms with E-state index in [9.17, 15) is 4.79 Å². The zero-order valence-corrected chi connectivity index (χ0v) is 11.2. The molecule has 0 bridgehead atoms. The third kappa shape index (κ3) is 4.04. The number of rotatable bonds is 6. The highest BCUT2D eigenvalue weighted by molar-refractivity contribution is 6.27. The first-order valence-electron chi connectivity index (χ1n) is 6.13. The van der Waals surface area contributed by atoms with Crippen LogP contribution in [0.1, 0.15) is 38.3 Å². The molecule has 2 nitrogen and oxygen atoms in total. The van der Waals surface area contributed by atoms with Crippen LogP contribution in [-0.4, -0.2) is 11.8 Å². The lowest BCUT2D eigenvalue weighted by Gasteiger charge is -2.26. The molecule has 3 heteroatoms. The minimum Gasteiger partial charge on any atom is -0.348 e. The van der Waals surface area contributed by atoms with Gasteiger partial charge in [-0.2, -0.15) is 0 Å². The van der Waals surface area contributed by atoms with E-state index in [4.69, 9.17) is 11.6 Å². The van der Waals surface area contributed by atoms with Gasteiger partial charge in [0.15, 0.2) is 0 Å². The lowest BCUT2D eigenvalue weighted by molar-refractivity contribution is -0.119. The highest BCUT2D eigenvalue weighted by Crippen LogP contribution is 2.27. The monoisotopic (exact) mass is 253 g/mol. The number of amides is 1. The van der Waals surface area contributed by atoms with E-state index in [1.165, 1.54) is 0 Å². The molecule has 1 atom stereocenters. The van der Waals surface area contributed by atoms with Crippen molar-refractivity contribution in [3.05, 3.63) is 35.9 Å². The van der Waals surface area contributed by atoms with Gasteiger partial charge in [-0.05, 0) is 11.5 Å². The van der Waals surface area contributed by atoms with Gasteiger partial charge in [-0.25, -0.2) is 0 Å². The molecule has 1 aromatic carbocycles. The molecule has 0 aliphatic carbocycles. The Labute approximate surface area is 108 Å². The van der Waals surface area contributed by atoms with Crippen molar-refractivity contribution in [1.82, 2.24) is 5.32 Å². The summed E-state index contributed by atoms with van der Waals surface area (Å²) in [4.78, 5) is 11.5. The van der Waals surface area contributed by atoms with Crippen LogP contribution >= 0.6 is 11.6 Å². The molecule has 1 aromatic rings. The van der Waals surface area contributed by atoms with E-state index in [-0.39, 0.29) is 17.8 Å². The second-order valence-corrected chi connectivity index (χ2v) is 4.43. The number of alkyl halides is 1. The van der Waals surface area contributed by atoms with E-state index >= 15 is 0 Å². The lowest BCUT2D eigenvalue weighted by Crippen LogP contribution is -2.34. The maximum atomic E-state index is 11.5. The molecule has 0 saturated heterocycles. The molecule has 1 amide bonds. The van der Waals surface area contributed by atoms with Crippen LogP contribution < -0.4 is 5.32 Å². The smallest absolute Gasteiger partial charge is 0.235 e. The molecule has 0 spiro atoms. The number of hydrogen-bond acceptors (Lipinski definition) is 1. The van der Waals surface area contributed by atoms with Crippen molar-refractivity contribution in [3.63, 3.8) is 0 Å². The van der Waals surface area contributed by atoms with E-state index in [1.807, 2.05) is 18.2 Å². The highest BCUT2D eigenvalue weighted by Gasteiger charge is 2.21. The third-order valence-corrected chi connectivity index (χ3v) is 3.36. The molecule has 0 saturated carbocycles. The molecule has 0 aromatic heterocycles. The Kier molecular flexibility index (Phi) is 6.06. The summed E-state index contributed by atoms with van der Waals surface area (Å²) in [5, 5.41) is 3.01. The summed E-state index contributed by atoms with van der Waals surface area (Å²) >= 11 is 5.56. The molecule has 0 aliphatic heterocycles. The summed E-state index contributed by atoms with van der Waals surface area (Å²) in [7, 11) is 0. The summed E-state index contributed by atoms with van der Waals surface area (Å²) in [6.45, 7) is 4.30. The fourth-order valence-electron chi connectivity index (χ4n) is 2.11. The zero-order chi connectivity index (χ0) is 12.7. The molecule has 0 heterocycles. The fraction of sp³-hybridized carbons (Fsp3) is 0.500. The molecular formula is C14H20ClNO. The zero-order valence-electron chi connectivity index (χ0n) is 10.4. The van der Waals surface area contributed by atoms with Crippen molar-refractivity contribution >= 4 is 17.5 Å². The Hall–Kier alpha value is -1.02. The van der Waals surface area contributed by atoms with E-state index in [2.05, 4.69) is 31.3 Å². The molecule has 1 rings (SSSR count). The maximum Gasteiger partial charge on any atom is 0.235 e. The van der Waals surface area contributed by atoms with Crippen LogP contribution in [0.2, 0.25) is 0 Å². The normalized spacial score (nSPS) is 12.5. The Bertz CT molecular complexity index is 335. The van der Waals surface area contributed by atoms with E-state index < -0.39 is 0 Å². The van der Waals surface area contributed by atoms with Gasteiger partial charge in [0, 0.05) is 0 Å². The van der Waals surface area contributed by atoms with Crippen molar-refractivity contribution in [1.29, 1.82) is 0 Å². The minimum absolute atomic E-state index is 0.0173. The predicted molar refractivity (Wildman–Crippen MR) is 72.1 cm³/mol. The van der Waals surface area contributed by atoms with Gasteiger partial charge in [0.25, 0.3) is 0 Å². The molecule has 17 heavy (non-hydrogen) atoms. The first-order valence-corrected chi connectivity index (χ1v) is 6.66. The fourth-order valence-corrected chi connectivity index (χ4v) is 2.18. The van der Waals surface area contributed by atoms with Crippen LogP contribution in [0.3, 0.4) is 0 Å². The van der Waals surface area contributed by atoms with Crippen LogP contribution in [0.15, 0.2) is 30.3 Å². The predicted octanol–water partition coefficient (Wildman–Crippen LogP) is 3.52. The Morgan fingerprint density at radius 2 is 1.82 bits per heavy atom. The van der Waals surface area contributed by atoms with Crippen molar-refractivity contribution in [2.45, 2.75) is 32.7 Å². The summed E-state index contributed by atoms with van der Waals surface area (Å²) in [5.41, 5.74) is 1.15. The van der Waals surface area contributed by atoms with Gasteiger partial charge in [-0.3, -0.25) is 4.79 Å². The van der Waals surface area contributed by atoms with Gasteiger partial charge in [0.2, 0.25) is 5.91 Å². The number of benzene rings is 1. The lowest BCUT2D eigenvalue weighted by atomic mass is 9.89. The van der Waals surface area contributed by atoms with Crippen molar-refractivity contribution < 1.29 is 4.79 Å². The Morgan fingerprint density at radius 3 is 2.29 bits per heavy atom. The largest absolute Gasteiger partial charge is 0.348 e. The average molecular weight is 254 g/mol. The van der Waals surface area contributed by atoms with Gasteiger partial charge in [-0.1, -0.05) is 57.0 Å². The number of nitrogens with one attached hydrogen (secondary N) is 1. The summed E-state index contributed by atoms with van der Waals surface area (Å²) < 4.78 is 0. The standard InChI is InChI=1S/C14H20ClNO/c1-3-11(4-2)14(16-13(17)10-15)12-8-6-5-7-9-12/h5-9,11,14H,3-4,10H2,1-2H3,(H,16,17). The van der Waals surface area contributed by atoms with Gasteiger partial charge >= 0.3 is 0 Å². The van der Waals surface area contributed by atoms with Crippen LogP contribution in [0.5, 0.6) is 0 Å².